The minimum atomic E-state index is -0.454. The van der Waals surface area contributed by atoms with E-state index < -0.39 is 5.41 Å². The maximum absolute atomic E-state index is 2.54. The summed E-state index contributed by atoms with van der Waals surface area (Å²) >= 11 is 0. The second kappa shape index (κ2) is 18.5. The zero-order valence-electron chi connectivity index (χ0n) is 41.5. The van der Waals surface area contributed by atoms with Gasteiger partial charge in [0.05, 0.1) is 16.6 Å². The normalized spacial score (nSPS) is 13.0. The standard InChI is InChI=1S/C73H52N2/c1-6-24-51(25-7-1)60-46-43-57(49-66(60)52-26-8-2-9-27-52)74(56-32-14-5-15-33-56)70-40-22-19-37-63(70)61-35-17-16-34-59(61)53-42-45-65-64-38-20-23-41-71(64)75(72(65)48-53)58-44-47-69-67(50-58)62-36-18-21-39-68(62)73(69,54-28-10-3-11-29-54)55-30-12-4-13-31-55/h1-19,21-22,24-50H,20,23H2. The lowest BCUT2D eigenvalue weighted by atomic mass is 9.68. The molecule has 0 saturated heterocycles. The van der Waals surface area contributed by atoms with Crippen LogP contribution in [-0.4, -0.2) is 4.57 Å². The number of benzene rings is 11. The summed E-state index contributed by atoms with van der Waals surface area (Å²) in [6.07, 6.45) is 6.94. The molecule has 0 radical (unpaired) electrons. The van der Waals surface area contributed by atoms with Gasteiger partial charge in [-0.1, -0.05) is 243 Å². The quantitative estimate of drug-likeness (QED) is 0.133. The van der Waals surface area contributed by atoms with Crippen molar-refractivity contribution in [2.24, 2.45) is 0 Å². The first-order valence-electron chi connectivity index (χ1n) is 26.2. The highest BCUT2D eigenvalue weighted by Gasteiger charge is 2.46. The Morgan fingerprint density at radius 1 is 0.333 bits per heavy atom. The molecule has 2 nitrogen and oxygen atoms in total. The van der Waals surface area contributed by atoms with E-state index in [1.54, 1.807) is 0 Å². The van der Waals surface area contributed by atoms with Crippen LogP contribution >= 0.6 is 0 Å². The summed E-state index contributed by atoms with van der Waals surface area (Å²) in [6, 6.07) is 103. The first kappa shape index (κ1) is 44.2. The average Bonchev–Trinajstić information content (AvgIpc) is 3.99. The van der Waals surface area contributed by atoms with E-state index in [1.165, 1.54) is 99.5 Å². The van der Waals surface area contributed by atoms with Crippen LogP contribution in [0.3, 0.4) is 0 Å². The molecule has 1 heterocycles. The molecule has 11 aromatic carbocycles. The summed E-state index contributed by atoms with van der Waals surface area (Å²) in [6.45, 7) is 0. The summed E-state index contributed by atoms with van der Waals surface area (Å²) in [4.78, 5) is 2.43. The van der Waals surface area contributed by atoms with Gasteiger partial charge in [0.25, 0.3) is 0 Å². The van der Waals surface area contributed by atoms with Gasteiger partial charge in [-0.3, -0.25) is 0 Å². The van der Waals surface area contributed by atoms with E-state index >= 15 is 0 Å². The van der Waals surface area contributed by atoms with E-state index in [0.29, 0.717) is 0 Å². The van der Waals surface area contributed by atoms with Crippen molar-refractivity contribution in [3.63, 3.8) is 0 Å². The fraction of sp³-hybridized carbons (Fsp3) is 0.0411. The number of hydrogen-bond acceptors (Lipinski definition) is 1. The van der Waals surface area contributed by atoms with Crippen molar-refractivity contribution in [1.29, 1.82) is 0 Å². The summed E-state index contributed by atoms with van der Waals surface area (Å²) in [5, 5.41) is 3.86. The molecule has 1 aromatic heterocycles. The number of rotatable bonds is 10. The van der Waals surface area contributed by atoms with Gasteiger partial charge in [-0.15, -0.1) is 0 Å². The number of nitrogens with zero attached hydrogens (tertiary/aromatic N) is 2. The first-order valence-corrected chi connectivity index (χ1v) is 26.2. The molecule has 2 aliphatic rings. The molecule has 75 heavy (non-hydrogen) atoms. The summed E-state index contributed by atoms with van der Waals surface area (Å²) in [5.41, 5.74) is 22.4. The van der Waals surface area contributed by atoms with Crippen LogP contribution in [0.4, 0.5) is 17.1 Å². The lowest BCUT2D eigenvalue weighted by molar-refractivity contribution is 0.768. The Balaban J connectivity index is 0.937. The molecule has 0 bridgehead atoms. The molecular weight excluding hydrogens is 905 g/mol. The molecule has 0 fully saturated rings. The monoisotopic (exact) mass is 956 g/mol. The third-order valence-electron chi connectivity index (χ3n) is 15.7. The molecule has 0 amide bonds. The second-order valence-electron chi connectivity index (χ2n) is 19.8. The number of para-hydroxylation sites is 2. The van der Waals surface area contributed by atoms with Crippen LogP contribution in [0.2, 0.25) is 0 Å². The van der Waals surface area contributed by atoms with Gasteiger partial charge in [0.2, 0.25) is 0 Å². The van der Waals surface area contributed by atoms with E-state index in [4.69, 9.17) is 0 Å². The first-order chi connectivity index (χ1) is 37.2. The Bertz CT molecular complexity index is 4170. The van der Waals surface area contributed by atoms with E-state index in [0.717, 1.165) is 35.5 Å². The van der Waals surface area contributed by atoms with Gasteiger partial charge in [-0.2, -0.15) is 0 Å². The zero-order chi connectivity index (χ0) is 49.7. The number of aromatic nitrogens is 1. The van der Waals surface area contributed by atoms with Gasteiger partial charge in [-0.25, -0.2) is 0 Å². The maximum Gasteiger partial charge on any atom is 0.0713 e. The molecule has 14 rings (SSSR count). The van der Waals surface area contributed by atoms with Crippen molar-refractivity contribution in [2.45, 2.75) is 18.3 Å². The Morgan fingerprint density at radius 3 is 1.59 bits per heavy atom. The van der Waals surface area contributed by atoms with Crippen LogP contribution in [0.15, 0.2) is 279 Å². The second-order valence-corrected chi connectivity index (χ2v) is 19.8. The van der Waals surface area contributed by atoms with E-state index in [-0.39, 0.29) is 0 Å². The Hall–Kier alpha value is -9.50. The molecule has 2 heteroatoms. The molecular formula is C73H52N2. The van der Waals surface area contributed by atoms with Crippen LogP contribution in [0, 0.1) is 0 Å². The molecule has 12 aromatic rings. The van der Waals surface area contributed by atoms with E-state index in [9.17, 15) is 0 Å². The molecule has 2 aliphatic carbocycles. The van der Waals surface area contributed by atoms with E-state index in [1.807, 2.05) is 0 Å². The lowest BCUT2D eigenvalue weighted by Gasteiger charge is -2.33. The van der Waals surface area contributed by atoms with Gasteiger partial charge >= 0.3 is 0 Å². The van der Waals surface area contributed by atoms with Crippen molar-refractivity contribution in [3.05, 3.63) is 312 Å². The fourth-order valence-electron chi connectivity index (χ4n) is 12.5. The molecule has 0 aliphatic heterocycles. The minimum absolute atomic E-state index is 0.454. The smallest absolute Gasteiger partial charge is 0.0713 e. The highest BCUT2D eigenvalue weighted by atomic mass is 15.1. The summed E-state index contributed by atoms with van der Waals surface area (Å²) in [7, 11) is 0. The van der Waals surface area contributed by atoms with Crippen LogP contribution in [0.1, 0.15) is 35.1 Å². The largest absolute Gasteiger partial charge is 0.310 e. The SMILES string of the molecule is C1=c2c(n(-c3ccc4c(c3)-c3ccccc3C4(c3ccccc3)c3ccccc3)c3cc(-c4ccccc4-c4ccccc4N(c4ccccc4)c4ccc(-c5ccccc5)c(-c5ccccc5)c4)ccc23)=CCC1. The molecule has 0 atom stereocenters. The molecule has 0 spiro atoms. The van der Waals surface area contributed by atoms with Gasteiger partial charge in [0.15, 0.2) is 0 Å². The fourth-order valence-corrected chi connectivity index (χ4v) is 12.5. The van der Waals surface area contributed by atoms with Crippen molar-refractivity contribution in [2.75, 3.05) is 4.90 Å². The number of anilines is 3. The highest BCUT2D eigenvalue weighted by Crippen LogP contribution is 2.56. The molecule has 0 unspecified atom stereocenters. The van der Waals surface area contributed by atoms with Crippen molar-refractivity contribution >= 4 is 40.1 Å². The Kier molecular flexibility index (Phi) is 10.9. The third-order valence-corrected chi connectivity index (χ3v) is 15.7. The molecule has 354 valence electrons. The van der Waals surface area contributed by atoms with Gasteiger partial charge in [0.1, 0.15) is 0 Å². The predicted molar refractivity (Wildman–Crippen MR) is 314 cm³/mol. The summed E-state index contributed by atoms with van der Waals surface area (Å²) in [5.74, 6) is 0. The van der Waals surface area contributed by atoms with Crippen molar-refractivity contribution in [3.8, 4) is 61.3 Å². The van der Waals surface area contributed by atoms with Gasteiger partial charge < -0.3 is 9.47 Å². The van der Waals surface area contributed by atoms with Crippen LogP contribution < -0.4 is 15.5 Å². The van der Waals surface area contributed by atoms with E-state index in [2.05, 4.69) is 301 Å². The predicted octanol–water partition coefficient (Wildman–Crippen LogP) is 17.5. The number of fused-ring (bicyclic) bond motifs is 6. The topological polar surface area (TPSA) is 8.17 Å². The van der Waals surface area contributed by atoms with Gasteiger partial charge in [0, 0.05) is 38.6 Å². The zero-order valence-corrected chi connectivity index (χ0v) is 41.5. The highest BCUT2D eigenvalue weighted by molar-refractivity contribution is 5.98. The van der Waals surface area contributed by atoms with Crippen molar-refractivity contribution in [1.82, 2.24) is 4.57 Å². The average molecular weight is 957 g/mol. The number of hydrogen-bond donors (Lipinski definition) is 0. The molecule has 0 N–H and O–H groups in total. The Labute approximate surface area is 438 Å². The lowest BCUT2D eigenvalue weighted by Crippen LogP contribution is -2.30. The van der Waals surface area contributed by atoms with Crippen LogP contribution in [0.25, 0.3) is 84.4 Å². The van der Waals surface area contributed by atoms with Gasteiger partial charge in [-0.05, 0) is 134 Å². The van der Waals surface area contributed by atoms with Crippen LogP contribution in [0.5, 0.6) is 0 Å². The minimum Gasteiger partial charge on any atom is -0.310 e. The third kappa shape index (κ3) is 7.32. The molecule has 0 saturated carbocycles. The maximum atomic E-state index is 2.54. The van der Waals surface area contributed by atoms with Crippen LogP contribution in [-0.2, 0) is 5.41 Å². The summed E-state index contributed by atoms with van der Waals surface area (Å²) < 4.78 is 2.54. The van der Waals surface area contributed by atoms with Crippen molar-refractivity contribution < 1.29 is 0 Å². The Morgan fingerprint density at radius 2 is 0.880 bits per heavy atom.